The fourth-order valence-corrected chi connectivity index (χ4v) is 2.65. The highest BCUT2D eigenvalue weighted by atomic mass is 79.9. The van der Waals surface area contributed by atoms with E-state index in [0.717, 1.165) is 5.56 Å². The Kier molecular flexibility index (Phi) is 5.94. The number of rotatable bonds is 5. The predicted molar refractivity (Wildman–Crippen MR) is 98.2 cm³/mol. The van der Waals surface area contributed by atoms with E-state index in [2.05, 4.69) is 76.3 Å². The maximum absolute atomic E-state index is 11.9. The molecule has 0 aliphatic heterocycles. The number of carbonyl (C=O) groups is 1. The number of halogens is 1. The number of anilines is 1. The summed E-state index contributed by atoms with van der Waals surface area (Å²) in [5, 5.41) is 3.22. The molecule has 0 amide bonds. The largest absolute Gasteiger partial charge is 0.461 e. The summed E-state index contributed by atoms with van der Waals surface area (Å²) in [6.07, 6.45) is 1.35. The number of benzene rings is 1. The van der Waals surface area contributed by atoms with Crippen LogP contribution in [0.15, 0.2) is 35.1 Å². The summed E-state index contributed by atoms with van der Waals surface area (Å²) < 4.78 is 5.49. The van der Waals surface area contributed by atoms with E-state index in [9.17, 15) is 4.79 Å². The summed E-state index contributed by atoms with van der Waals surface area (Å²) >= 11 is 3.37. The number of ether oxygens (including phenoxy) is 1. The minimum Gasteiger partial charge on any atom is -0.461 e. The van der Waals surface area contributed by atoms with E-state index in [1.54, 1.807) is 6.92 Å². The Morgan fingerprint density at radius 3 is 2.46 bits per heavy atom. The first kappa shape index (κ1) is 18.4. The van der Waals surface area contributed by atoms with Gasteiger partial charge in [-0.25, -0.2) is 14.8 Å². The third-order valence-electron chi connectivity index (χ3n) is 3.54. The number of hydrogen-bond donors (Lipinski definition) is 1. The number of nitrogens with zero attached hydrogens (tertiary/aromatic N) is 2. The maximum atomic E-state index is 11.9. The Morgan fingerprint density at radius 2 is 1.88 bits per heavy atom. The molecular formula is C18H22BrN3O2. The molecule has 6 heteroatoms. The summed E-state index contributed by atoms with van der Waals surface area (Å²) in [4.78, 5) is 20.0. The normalized spacial score (nSPS) is 11.2. The van der Waals surface area contributed by atoms with E-state index in [1.165, 1.54) is 11.9 Å². The molecule has 128 valence electrons. The molecule has 1 aromatic heterocycles. The molecule has 24 heavy (non-hydrogen) atoms. The first-order chi connectivity index (χ1) is 11.3. The van der Waals surface area contributed by atoms with Crippen molar-refractivity contribution in [1.29, 1.82) is 0 Å². The van der Waals surface area contributed by atoms with Crippen LogP contribution in [0.2, 0.25) is 0 Å². The Labute approximate surface area is 151 Å². The third-order valence-corrected chi connectivity index (χ3v) is 4.29. The van der Waals surface area contributed by atoms with Crippen LogP contribution in [-0.2, 0) is 16.7 Å². The molecule has 0 saturated carbocycles. The second-order valence-electron chi connectivity index (χ2n) is 6.41. The fourth-order valence-electron chi connectivity index (χ4n) is 2.14. The van der Waals surface area contributed by atoms with Gasteiger partial charge in [0.05, 0.1) is 11.1 Å². The topological polar surface area (TPSA) is 64.1 Å². The van der Waals surface area contributed by atoms with Gasteiger partial charge < -0.3 is 10.1 Å². The summed E-state index contributed by atoms with van der Waals surface area (Å²) in [6, 6.07) is 8.45. The Balaban J connectivity index is 2.09. The maximum Gasteiger partial charge on any atom is 0.358 e. The van der Waals surface area contributed by atoms with Gasteiger partial charge in [0.25, 0.3) is 0 Å². The van der Waals surface area contributed by atoms with E-state index in [0.29, 0.717) is 23.4 Å². The fraction of sp³-hybridized carbons (Fsp3) is 0.389. The molecule has 2 rings (SSSR count). The standard InChI is InChI=1S/C18H22BrN3O2/c1-5-24-17(23)15-14(19)16(22-11-21-15)20-10-12-6-8-13(9-7-12)18(2,3)4/h6-9,11H,5,10H2,1-4H3,(H,20,21,22). The van der Waals surface area contributed by atoms with E-state index < -0.39 is 5.97 Å². The molecule has 0 atom stereocenters. The highest BCUT2D eigenvalue weighted by molar-refractivity contribution is 9.10. The van der Waals surface area contributed by atoms with Crippen LogP contribution < -0.4 is 5.32 Å². The van der Waals surface area contributed by atoms with Crippen molar-refractivity contribution in [2.24, 2.45) is 0 Å². The van der Waals surface area contributed by atoms with Gasteiger partial charge in [0.15, 0.2) is 5.69 Å². The van der Waals surface area contributed by atoms with Gasteiger partial charge in [0.1, 0.15) is 12.1 Å². The number of aromatic nitrogens is 2. The summed E-state index contributed by atoms with van der Waals surface area (Å²) in [5.41, 5.74) is 2.78. The number of carbonyl (C=O) groups excluding carboxylic acids is 1. The van der Waals surface area contributed by atoms with Crippen molar-refractivity contribution < 1.29 is 9.53 Å². The monoisotopic (exact) mass is 391 g/mol. The quantitative estimate of drug-likeness (QED) is 0.768. The Morgan fingerprint density at radius 1 is 1.21 bits per heavy atom. The first-order valence-corrected chi connectivity index (χ1v) is 8.63. The van der Waals surface area contributed by atoms with Crippen molar-refractivity contribution in [1.82, 2.24) is 9.97 Å². The average molecular weight is 392 g/mol. The third kappa shape index (κ3) is 4.54. The molecule has 0 aliphatic carbocycles. The van der Waals surface area contributed by atoms with Gasteiger partial charge in [-0.1, -0.05) is 45.0 Å². The minimum absolute atomic E-state index is 0.135. The van der Waals surface area contributed by atoms with E-state index in [-0.39, 0.29) is 11.1 Å². The minimum atomic E-state index is -0.468. The molecule has 0 bridgehead atoms. The van der Waals surface area contributed by atoms with Gasteiger partial charge in [0.2, 0.25) is 0 Å². The van der Waals surface area contributed by atoms with Crippen LogP contribution in [0.25, 0.3) is 0 Å². The first-order valence-electron chi connectivity index (χ1n) is 7.84. The van der Waals surface area contributed by atoms with Crippen LogP contribution in [0, 0.1) is 0 Å². The smallest absolute Gasteiger partial charge is 0.358 e. The molecule has 0 aliphatic rings. The SMILES string of the molecule is CCOC(=O)c1ncnc(NCc2ccc(C(C)(C)C)cc2)c1Br. The highest BCUT2D eigenvalue weighted by Gasteiger charge is 2.17. The van der Waals surface area contributed by atoms with E-state index in [4.69, 9.17) is 4.74 Å². The molecule has 0 fully saturated rings. The van der Waals surface area contributed by atoms with Crippen molar-refractivity contribution in [3.8, 4) is 0 Å². The zero-order chi connectivity index (χ0) is 17.7. The predicted octanol–water partition coefficient (Wildman–Crippen LogP) is 4.33. The van der Waals surface area contributed by atoms with Crippen LogP contribution in [-0.4, -0.2) is 22.5 Å². The molecule has 2 aromatic rings. The van der Waals surface area contributed by atoms with Crippen molar-refractivity contribution >= 4 is 27.7 Å². The number of nitrogens with one attached hydrogen (secondary N) is 1. The molecular weight excluding hydrogens is 370 g/mol. The number of hydrogen-bond acceptors (Lipinski definition) is 5. The lowest BCUT2D eigenvalue weighted by Crippen LogP contribution is -2.12. The molecule has 0 unspecified atom stereocenters. The average Bonchev–Trinajstić information content (AvgIpc) is 2.53. The molecule has 1 heterocycles. The zero-order valence-corrected chi connectivity index (χ0v) is 16.0. The van der Waals surface area contributed by atoms with Crippen LogP contribution >= 0.6 is 15.9 Å². The van der Waals surface area contributed by atoms with E-state index in [1.807, 2.05) is 0 Å². The lowest BCUT2D eigenvalue weighted by Gasteiger charge is -2.19. The van der Waals surface area contributed by atoms with Crippen molar-refractivity contribution in [3.63, 3.8) is 0 Å². The molecule has 0 saturated heterocycles. The lowest BCUT2D eigenvalue weighted by molar-refractivity contribution is 0.0518. The Bertz CT molecular complexity index is 709. The zero-order valence-electron chi connectivity index (χ0n) is 14.4. The Hall–Kier alpha value is -1.95. The molecule has 1 aromatic carbocycles. The summed E-state index contributed by atoms with van der Waals surface area (Å²) in [5.74, 6) is 0.0947. The van der Waals surface area contributed by atoms with Crippen molar-refractivity contribution in [3.05, 3.63) is 51.9 Å². The second kappa shape index (κ2) is 7.75. The van der Waals surface area contributed by atoms with Crippen LogP contribution in [0.1, 0.15) is 49.3 Å². The second-order valence-corrected chi connectivity index (χ2v) is 7.20. The van der Waals surface area contributed by atoms with Gasteiger partial charge in [0, 0.05) is 6.54 Å². The van der Waals surface area contributed by atoms with Gasteiger partial charge in [-0.15, -0.1) is 0 Å². The van der Waals surface area contributed by atoms with Gasteiger partial charge >= 0.3 is 5.97 Å². The lowest BCUT2D eigenvalue weighted by atomic mass is 9.87. The molecule has 1 N–H and O–H groups in total. The van der Waals surface area contributed by atoms with Gasteiger partial charge in [-0.05, 0) is 39.4 Å². The van der Waals surface area contributed by atoms with E-state index >= 15 is 0 Å². The highest BCUT2D eigenvalue weighted by Crippen LogP contribution is 2.25. The molecule has 5 nitrogen and oxygen atoms in total. The van der Waals surface area contributed by atoms with Crippen LogP contribution in [0.4, 0.5) is 5.82 Å². The number of esters is 1. The molecule has 0 spiro atoms. The van der Waals surface area contributed by atoms with Crippen molar-refractivity contribution in [2.45, 2.75) is 39.7 Å². The molecule has 0 radical (unpaired) electrons. The summed E-state index contributed by atoms with van der Waals surface area (Å²) in [7, 11) is 0. The van der Waals surface area contributed by atoms with Crippen LogP contribution in [0.5, 0.6) is 0 Å². The van der Waals surface area contributed by atoms with Gasteiger partial charge in [-0.2, -0.15) is 0 Å². The summed E-state index contributed by atoms with van der Waals surface area (Å²) in [6.45, 7) is 9.23. The van der Waals surface area contributed by atoms with Crippen molar-refractivity contribution in [2.75, 3.05) is 11.9 Å². The van der Waals surface area contributed by atoms with Gasteiger partial charge in [-0.3, -0.25) is 0 Å². The van der Waals surface area contributed by atoms with Crippen LogP contribution in [0.3, 0.4) is 0 Å².